The molecule has 0 heterocycles. The van der Waals surface area contributed by atoms with E-state index < -0.39 is 97.5 Å². The van der Waals surface area contributed by atoms with Gasteiger partial charge >= 0.3 is 39.5 Å². The summed E-state index contributed by atoms with van der Waals surface area (Å²) >= 11 is 0. The maximum Gasteiger partial charge on any atom is 0.472 e. The lowest BCUT2D eigenvalue weighted by Crippen LogP contribution is -2.30. The molecule has 0 aromatic carbocycles. The van der Waals surface area contributed by atoms with Crippen LogP contribution in [0.3, 0.4) is 0 Å². The lowest BCUT2D eigenvalue weighted by molar-refractivity contribution is -0.161. The van der Waals surface area contributed by atoms with Crippen LogP contribution >= 0.6 is 15.6 Å². The van der Waals surface area contributed by atoms with Crippen molar-refractivity contribution in [2.75, 3.05) is 39.6 Å². The van der Waals surface area contributed by atoms with Crippen LogP contribution in [0.5, 0.6) is 0 Å². The monoisotopic (exact) mass is 1450 g/mol. The number of aliphatic hydroxyl groups is 1. The van der Waals surface area contributed by atoms with E-state index >= 15 is 0 Å². The highest BCUT2D eigenvalue weighted by Gasteiger charge is 2.30. The number of phosphoric ester groups is 2. The van der Waals surface area contributed by atoms with E-state index in [0.717, 1.165) is 120 Å². The standard InChI is InChI=1S/C80H156O17P2/c1-9-71(6)57-49-41-33-27-20-18-16-14-12-13-15-17-19-21-29-35-44-52-60-77(82)90-66-75(96-80(85)63-55-47-37-31-25-23-28-34-42-50-58-72(7)10-2)68-94-98(86,87)92-64-74(81)65-93-99(88,89)95-69-76(67-91-78(83)61-53-45-39-38-43-51-59-73(8)11-3)97-79(84)62-54-46-36-30-24-22-26-32-40-48-56-70(4)5/h70-76,81H,9-69H2,1-8H3,(H,86,87)(H,88,89)/t71?,72?,73?,74-,75-,76-/m1/s1. The van der Waals surface area contributed by atoms with Crippen LogP contribution in [0.4, 0.5) is 0 Å². The molecule has 0 aliphatic heterocycles. The maximum absolute atomic E-state index is 13.1. The topological polar surface area (TPSA) is 237 Å². The quantitative estimate of drug-likeness (QED) is 0.0222. The van der Waals surface area contributed by atoms with Crippen LogP contribution in [-0.4, -0.2) is 96.7 Å². The van der Waals surface area contributed by atoms with Crippen LogP contribution in [0.25, 0.3) is 0 Å². The Morgan fingerprint density at radius 2 is 0.485 bits per heavy atom. The van der Waals surface area contributed by atoms with Crippen LogP contribution in [0.15, 0.2) is 0 Å². The number of carbonyl (C=O) groups excluding carboxylic acids is 4. The highest BCUT2D eigenvalue weighted by molar-refractivity contribution is 7.47. The average Bonchev–Trinajstić information content (AvgIpc) is 1.21. The van der Waals surface area contributed by atoms with Crippen molar-refractivity contribution in [3.63, 3.8) is 0 Å². The molecule has 0 rings (SSSR count). The lowest BCUT2D eigenvalue weighted by atomic mass is 9.99. The van der Waals surface area contributed by atoms with E-state index in [1.165, 1.54) is 205 Å². The molecule has 588 valence electrons. The second-order valence-electron chi connectivity index (χ2n) is 30.0. The van der Waals surface area contributed by atoms with Crippen molar-refractivity contribution in [3.8, 4) is 0 Å². The van der Waals surface area contributed by atoms with E-state index in [1.54, 1.807) is 0 Å². The number of unbranched alkanes of at least 4 members (excludes halogenated alkanes) is 40. The second kappa shape index (κ2) is 69.1. The molecule has 0 aromatic heterocycles. The molecule has 0 saturated heterocycles. The molecule has 0 saturated carbocycles. The molecule has 0 aromatic rings. The number of hydrogen-bond donors (Lipinski definition) is 3. The Morgan fingerprint density at radius 3 is 0.717 bits per heavy atom. The minimum atomic E-state index is -4.96. The molecule has 17 nitrogen and oxygen atoms in total. The van der Waals surface area contributed by atoms with Gasteiger partial charge in [-0.25, -0.2) is 9.13 Å². The van der Waals surface area contributed by atoms with Crippen molar-refractivity contribution >= 4 is 39.5 Å². The van der Waals surface area contributed by atoms with Crippen molar-refractivity contribution in [1.29, 1.82) is 0 Å². The summed E-state index contributed by atoms with van der Waals surface area (Å²) in [4.78, 5) is 72.9. The molecule has 0 aliphatic carbocycles. The van der Waals surface area contributed by atoms with Gasteiger partial charge in [0.1, 0.15) is 19.3 Å². The Balaban J connectivity index is 5.20. The molecule has 3 N–H and O–H groups in total. The summed E-state index contributed by atoms with van der Waals surface area (Å²) in [6, 6.07) is 0. The van der Waals surface area contributed by atoms with E-state index in [-0.39, 0.29) is 25.7 Å². The SMILES string of the molecule is CCC(C)CCCCCCCCCCCCCCCCCCCCC(=O)OC[C@H](COP(=O)(O)OC[C@@H](O)COP(=O)(O)OC[C@@H](COC(=O)CCCCCCCCC(C)CC)OC(=O)CCCCCCCCCCCCC(C)C)OC(=O)CCCCCCCCCCCCC(C)CC. The fourth-order valence-electron chi connectivity index (χ4n) is 12.2. The first kappa shape index (κ1) is 97.1. The van der Waals surface area contributed by atoms with Crippen LogP contribution in [0, 0.1) is 23.7 Å². The molecule has 0 spiro atoms. The number of carbonyl (C=O) groups is 4. The number of hydrogen-bond acceptors (Lipinski definition) is 15. The molecule has 0 amide bonds. The number of rotatable bonds is 77. The number of phosphoric acid groups is 2. The summed E-state index contributed by atoms with van der Waals surface area (Å²) in [5.74, 6) is 1.04. The molecule has 99 heavy (non-hydrogen) atoms. The molecule has 0 aliphatic rings. The fraction of sp³-hybridized carbons (Fsp3) is 0.950. The van der Waals surface area contributed by atoms with E-state index in [4.69, 9.17) is 37.0 Å². The molecule has 8 atom stereocenters. The van der Waals surface area contributed by atoms with Gasteiger partial charge in [-0.1, -0.05) is 357 Å². The van der Waals surface area contributed by atoms with Crippen LogP contribution < -0.4 is 0 Å². The van der Waals surface area contributed by atoms with Gasteiger partial charge in [-0.15, -0.1) is 0 Å². The van der Waals surface area contributed by atoms with Crippen LogP contribution in [-0.2, 0) is 65.4 Å². The first-order valence-electron chi connectivity index (χ1n) is 41.3. The van der Waals surface area contributed by atoms with Gasteiger partial charge in [-0.3, -0.25) is 37.3 Å². The maximum atomic E-state index is 13.1. The highest BCUT2D eigenvalue weighted by atomic mass is 31.2. The zero-order valence-corrected chi connectivity index (χ0v) is 66.9. The van der Waals surface area contributed by atoms with Crippen molar-refractivity contribution in [3.05, 3.63) is 0 Å². The zero-order chi connectivity index (χ0) is 73.1. The van der Waals surface area contributed by atoms with Crippen LogP contribution in [0.1, 0.15) is 409 Å². The van der Waals surface area contributed by atoms with E-state index in [0.29, 0.717) is 25.7 Å². The van der Waals surface area contributed by atoms with Gasteiger partial charge in [0.2, 0.25) is 0 Å². The molecule has 19 heteroatoms. The molecule has 0 bridgehead atoms. The summed E-state index contributed by atoms with van der Waals surface area (Å²) in [7, 11) is -9.92. The summed E-state index contributed by atoms with van der Waals surface area (Å²) in [5.41, 5.74) is 0. The van der Waals surface area contributed by atoms with Gasteiger partial charge in [-0.2, -0.15) is 0 Å². The molecular weight excluding hydrogens is 1290 g/mol. The Hall–Kier alpha value is -1.94. The lowest BCUT2D eigenvalue weighted by Gasteiger charge is -2.21. The Labute approximate surface area is 607 Å². The van der Waals surface area contributed by atoms with Gasteiger partial charge in [0.05, 0.1) is 26.4 Å². The molecule has 0 radical (unpaired) electrons. The summed E-state index contributed by atoms with van der Waals surface area (Å²) in [6.07, 6.45) is 55.5. The minimum absolute atomic E-state index is 0.105. The van der Waals surface area contributed by atoms with Gasteiger partial charge in [0.15, 0.2) is 12.2 Å². The third-order valence-electron chi connectivity index (χ3n) is 19.7. The van der Waals surface area contributed by atoms with E-state index in [2.05, 4.69) is 55.4 Å². The molecular formula is C80H156O17P2. The largest absolute Gasteiger partial charge is 0.472 e. The van der Waals surface area contributed by atoms with E-state index in [9.17, 15) is 43.2 Å². The van der Waals surface area contributed by atoms with Gasteiger partial charge in [-0.05, 0) is 49.4 Å². The Bertz CT molecular complexity index is 1940. The smallest absolute Gasteiger partial charge is 0.462 e. The third kappa shape index (κ3) is 70.2. The summed E-state index contributed by atoms with van der Waals surface area (Å²) < 4.78 is 68.6. The average molecular weight is 1450 g/mol. The van der Waals surface area contributed by atoms with E-state index in [1.807, 2.05) is 0 Å². The zero-order valence-electron chi connectivity index (χ0n) is 65.1. The highest BCUT2D eigenvalue weighted by Crippen LogP contribution is 2.45. The van der Waals surface area contributed by atoms with Gasteiger partial charge in [0, 0.05) is 25.7 Å². The summed E-state index contributed by atoms with van der Waals surface area (Å²) in [6.45, 7) is 14.3. The molecule has 0 fully saturated rings. The normalized spacial score (nSPS) is 14.9. The van der Waals surface area contributed by atoms with Crippen LogP contribution in [0.2, 0.25) is 0 Å². The predicted molar refractivity (Wildman–Crippen MR) is 404 cm³/mol. The number of aliphatic hydroxyl groups excluding tert-OH is 1. The van der Waals surface area contributed by atoms with Gasteiger partial charge < -0.3 is 33.8 Å². The van der Waals surface area contributed by atoms with Crippen molar-refractivity contribution in [2.24, 2.45) is 23.7 Å². The first-order valence-corrected chi connectivity index (χ1v) is 44.3. The van der Waals surface area contributed by atoms with Crippen molar-refractivity contribution in [1.82, 2.24) is 0 Å². The third-order valence-corrected chi connectivity index (χ3v) is 21.6. The summed E-state index contributed by atoms with van der Waals surface area (Å²) in [5, 5.41) is 10.6. The second-order valence-corrected chi connectivity index (χ2v) is 32.9. The Morgan fingerprint density at radius 1 is 0.283 bits per heavy atom. The van der Waals surface area contributed by atoms with Gasteiger partial charge in [0.25, 0.3) is 0 Å². The molecule has 5 unspecified atom stereocenters. The Kier molecular flexibility index (Phi) is 67.8. The first-order chi connectivity index (χ1) is 47.7. The van der Waals surface area contributed by atoms with Crippen molar-refractivity contribution < 1.29 is 80.2 Å². The number of ether oxygens (including phenoxy) is 4. The van der Waals surface area contributed by atoms with Crippen molar-refractivity contribution in [2.45, 2.75) is 427 Å². The fourth-order valence-corrected chi connectivity index (χ4v) is 13.7. The predicted octanol–water partition coefficient (Wildman–Crippen LogP) is 23.6. The minimum Gasteiger partial charge on any atom is -0.462 e. The number of esters is 4.